The first-order valence-electron chi connectivity index (χ1n) is 12.3. The van der Waals surface area contributed by atoms with Crippen molar-refractivity contribution in [3.8, 4) is 0 Å². The molecule has 0 radical (unpaired) electrons. The monoisotopic (exact) mass is 441 g/mol. The molecule has 0 spiro atoms. The van der Waals surface area contributed by atoms with Crippen LogP contribution in [0.25, 0.3) is 11.0 Å². The molecule has 2 atom stereocenters. The number of hydrogen-bond donors (Lipinski definition) is 0. The van der Waals surface area contributed by atoms with Crippen LogP contribution in [-0.2, 0) is 11.8 Å². The molecule has 0 aliphatic carbocycles. The lowest BCUT2D eigenvalue weighted by Gasteiger charge is -2.45. The van der Waals surface area contributed by atoms with Gasteiger partial charge < -0.3 is 14.5 Å². The fourth-order valence-corrected chi connectivity index (χ4v) is 5.65. The first kappa shape index (κ1) is 23.2. The van der Waals surface area contributed by atoms with E-state index in [1.54, 1.807) is 11.8 Å². The molecule has 2 fully saturated rings. The molecule has 2 aliphatic heterocycles. The first-order chi connectivity index (χ1) is 15.4. The second-order valence-electron chi connectivity index (χ2n) is 9.90. The molecule has 4 heterocycles. The quantitative estimate of drug-likeness (QED) is 0.655. The highest BCUT2D eigenvalue weighted by atomic mass is 16.5. The Kier molecular flexibility index (Phi) is 7.15. The number of amides is 1. The van der Waals surface area contributed by atoms with Crippen LogP contribution in [0.15, 0.2) is 6.07 Å². The van der Waals surface area contributed by atoms with Gasteiger partial charge in [0.25, 0.3) is 5.91 Å². The molecular formula is C25H39N5O2. The van der Waals surface area contributed by atoms with Crippen molar-refractivity contribution in [3.63, 3.8) is 0 Å². The van der Waals surface area contributed by atoms with Crippen molar-refractivity contribution in [1.82, 2.24) is 24.6 Å². The number of piperidine rings is 2. The molecule has 7 nitrogen and oxygen atoms in total. The number of rotatable bonds is 7. The number of methoxy groups -OCH3 is 1. The first-order valence-corrected chi connectivity index (χ1v) is 12.3. The van der Waals surface area contributed by atoms with Crippen molar-refractivity contribution >= 4 is 16.9 Å². The number of ether oxygens (including phenoxy) is 1. The molecule has 0 saturated carbocycles. The van der Waals surface area contributed by atoms with Crippen molar-refractivity contribution in [1.29, 1.82) is 0 Å². The second kappa shape index (κ2) is 9.87. The lowest BCUT2D eigenvalue weighted by Crippen LogP contribution is -2.52. The summed E-state index contributed by atoms with van der Waals surface area (Å²) >= 11 is 0. The van der Waals surface area contributed by atoms with Crippen LogP contribution < -0.4 is 0 Å². The number of carbonyl (C=O) groups is 1. The lowest BCUT2D eigenvalue weighted by molar-refractivity contribution is 0.0316. The Labute approximate surface area is 192 Å². The van der Waals surface area contributed by atoms with Gasteiger partial charge in [0.05, 0.1) is 23.3 Å². The van der Waals surface area contributed by atoms with Gasteiger partial charge in [-0.2, -0.15) is 5.10 Å². The maximum Gasteiger partial charge on any atom is 0.254 e. The number of carbonyl (C=O) groups excluding carboxylic acids is 1. The zero-order valence-electron chi connectivity index (χ0n) is 20.4. The highest BCUT2D eigenvalue weighted by Gasteiger charge is 2.35. The van der Waals surface area contributed by atoms with Gasteiger partial charge in [0.2, 0.25) is 0 Å². The summed E-state index contributed by atoms with van der Waals surface area (Å²) in [6.07, 6.45) is 6.30. The molecule has 176 valence electrons. The number of aryl methyl sites for hydroxylation is 2. The molecular weight excluding hydrogens is 402 g/mol. The summed E-state index contributed by atoms with van der Waals surface area (Å²) in [5.74, 6) is 0.852. The van der Waals surface area contributed by atoms with Crippen molar-refractivity contribution in [3.05, 3.63) is 23.0 Å². The normalized spacial score (nSPS) is 21.8. The SMILES string of the molecule is COCCN(C[C@@H]1CCCN2CCCC[C@H]12)C(=O)c1cc(C(C)C)nc2c1c(C)nn2C. The third-order valence-corrected chi connectivity index (χ3v) is 7.35. The van der Waals surface area contributed by atoms with E-state index in [1.807, 2.05) is 24.9 Å². The Balaban J connectivity index is 1.68. The van der Waals surface area contributed by atoms with Gasteiger partial charge in [-0.05, 0) is 63.6 Å². The summed E-state index contributed by atoms with van der Waals surface area (Å²) in [5.41, 5.74) is 3.32. The van der Waals surface area contributed by atoms with Crippen LogP contribution in [0, 0.1) is 12.8 Å². The zero-order chi connectivity index (χ0) is 22.8. The fraction of sp³-hybridized carbons (Fsp3) is 0.720. The number of aromatic nitrogens is 3. The van der Waals surface area contributed by atoms with Crippen molar-refractivity contribution in [2.45, 2.75) is 64.8 Å². The predicted octanol–water partition coefficient (Wildman–Crippen LogP) is 3.75. The van der Waals surface area contributed by atoms with Crippen LogP contribution >= 0.6 is 0 Å². The summed E-state index contributed by atoms with van der Waals surface area (Å²) in [4.78, 5) is 23.6. The maximum atomic E-state index is 14.0. The molecule has 4 rings (SSSR count). The van der Waals surface area contributed by atoms with Crippen LogP contribution in [0.4, 0.5) is 0 Å². The third kappa shape index (κ3) is 4.55. The van der Waals surface area contributed by atoms with Gasteiger partial charge in [-0.1, -0.05) is 20.3 Å². The van der Waals surface area contributed by atoms with Crippen LogP contribution in [-0.4, -0.2) is 76.4 Å². The molecule has 7 heteroatoms. The van der Waals surface area contributed by atoms with E-state index in [9.17, 15) is 4.79 Å². The van der Waals surface area contributed by atoms with E-state index in [0.29, 0.717) is 25.1 Å². The summed E-state index contributed by atoms with van der Waals surface area (Å²) in [6, 6.07) is 2.61. The zero-order valence-corrected chi connectivity index (χ0v) is 20.4. The van der Waals surface area contributed by atoms with Crippen LogP contribution in [0.5, 0.6) is 0 Å². The molecule has 1 amide bonds. The summed E-state index contributed by atoms with van der Waals surface area (Å²) in [6.45, 7) is 10.6. The van der Waals surface area contributed by atoms with Gasteiger partial charge in [0, 0.05) is 39.0 Å². The van der Waals surface area contributed by atoms with E-state index in [0.717, 1.165) is 34.5 Å². The van der Waals surface area contributed by atoms with E-state index in [-0.39, 0.29) is 11.8 Å². The standard InChI is InChI=1S/C25H39N5O2/c1-17(2)21-15-20(23-18(3)27-28(4)24(23)26-21)25(31)30(13-14-32-5)16-19-9-8-12-29-11-7-6-10-22(19)29/h15,17,19,22H,6-14,16H2,1-5H3/t19-,22+/m0/s1. The van der Waals surface area contributed by atoms with Gasteiger partial charge >= 0.3 is 0 Å². The number of hydrogen-bond acceptors (Lipinski definition) is 5. The fourth-order valence-electron chi connectivity index (χ4n) is 5.65. The summed E-state index contributed by atoms with van der Waals surface area (Å²) in [7, 11) is 3.61. The van der Waals surface area contributed by atoms with Gasteiger partial charge in [-0.25, -0.2) is 4.98 Å². The molecule has 2 aromatic heterocycles. The number of pyridine rings is 1. The van der Waals surface area contributed by atoms with Gasteiger partial charge in [-0.3, -0.25) is 9.48 Å². The topological polar surface area (TPSA) is 63.5 Å². The van der Waals surface area contributed by atoms with Crippen LogP contribution in [0.2, 0.25) is 0 Å². The molecule has 0 bridgehead atoms. The molecule has 0 N–H and O–H groups in total. The smallest absolute Gasteiger partial charge is 0.254 e. The second-order valence-corrected chi connectivity index (χ2v) is 9.90. The predicted molar refractivity (Wildman–Crippen MR) is 127 cm³/mol. The maximum absolute atomic E-state index is 14.0. The van der Waals surface area contributed by atoms with Gasteiger partial charge in [-0.15, -0.1) is 0 Å². The van der Waals surface area contributed by atoms with E-state index in [4.69, 9.17) is 9.72 Å². The van der Waals surface area contributed by atoms with E-state index in [1.165, 1.54) is 45.2 Å². The van der Waals surface area contributed by atoms with E-state index >= 15 is 0 Å². The average molecular weight is 442 g/mol. The minimum Gasteiger partial charge on any atom is -0.383 e. The summed E-state index contributed by atoms with van der Waals surface area (Å²) in [5, 5.41) is 5.46. The third-order valence-electron chi connectivity index (χ3n) is 7.35. The van der Waals surface area contributed by atoms with Crippen molar-refractivity contribution in [2.75, 3.05) is 39.9 Å². The number of nitrogens with zero attached hydrogens (tertiary/aromatic N) is 5. The Morgan fingerprint density at radius 3 is 2.78 bits per heavy atom. The van der Waals surface area contributed by atoms with E-state index in [2.05, 4.69) is 23.8 Å². The highest BCUT2D eigenvalue weighted by Crippen LogP contribution is 2.32. The number of fused-ring (bicyclic) bond motifs is 2. The molecule has 0 unspecified atom stereocenters. The minimum absolute atomic E-state index is 0.0837. The minimum atomic E-state index is 0.0837. The molecule has 2 aromatic rings. The van der Waals surface area contributed by atoms with Crippen LogP contribution in [0.3, 0.4) is 0 Å². The highest BCUT2D eigenvalue weighted by molar-refractivity contribution is 6.06. The molecule has 2 aliphatic rings. The summed E-state index contributed by atoms with van der Waals surface area (Å²) < 4.78 is 7.20. The Hall–Kier alpha value is -1.99. The van der Waals surface area contributed by atoms with Gasteiger partial charge in [0.1, 0.15) is 0 Å². The Morgan fingerprint density at radius 2 is 2.03 bits per heavy atom. The van der Waals surface area contributed by atoms with E-state index < -0.39 is 0 Å². The van der Waals surface area contributed by atoms with Gasteiger partial charge in [0.15, 0.2) is 5.65 Å². The lowest BCUT2D eigenvalue weighted by atomic mass is 9.83. The Bertz CT molecular complexity index is 951. The van der Waals surface area contributed by atoms with Crippen LogP contribution in [0.1, 0.15) is 73.6 Å². The largest absolute Gasteiger partial charge is 0.383 e. The molecule has 2 saturated heterocycles. The van der Waals surface area contributed by atoms with Crippen molar-refractivity contribution < 1.29 is 9.53 Å². The van der Waals surface area contributed by atoms with Crippen molar-refractivity contribution in [2.24, 2.45) is 13.0 Å². The molecule has 32 heavy (non-hydrogen) atoms. The average Bonchev–Trinajstić information content (AvgIpc) is 3.09. The molecule has 0 aromatic carbocycles. The Morgan fingerprint density at radius 1 is 1.25 bits per heavy atom.